The molecule has 1 heterocycles. The average molecular weight is 282 g/mol. The summed E-state index contributed by atoms with van der Waals surface area (Å²) in [4.78, 5) is 11.7. The van der Waals surface area contributed by atoms with E-state index in [4.69, 9.17) is 23.2 Å². The molecule has 0 radical (unpaired) electrons. The fourth-order valence-corrected chi connectivity index (χ4v) is 2.40. The van der Waals surface area contributed by atoms with Gasteiger partial charge in [0, 0.05) is 23.8 Å². The zero-order valence-electron chi connectivity index (χ0n) is 10.2. The lowest BCUT2D eigenvalue weighted by Crippen LogP contribution is -2.00. The van der Waals surface area contributed by atoms with E-state index in [1.165, 1.54) is 0 Å². The van der Waals surface area contributed by atoms with Crippen molar-refractivity contribution in [3.05, 3.63) is 46.6 Å². The molecule has 94 valence electrons. The first kappa shape index (κ1) is 13.2. The van der Waals surface area contributed by atoms with Crippen LogP contribution >= 0.6 is 23.2 Å². The van der Waals surface area contributed by atoms with E-state index in [0.29, 0.717) is 10.6 Å². The topological polar surface area (TPSA) is 22.0 Å². The average Bonchev–Trinajstić information content (AvgIpc) is 2.65. The molecule has 0 spiro atoms. The van der Waals surface area contributed by atoms with E-state index in [1.54, 1.807) is 0 Å². The molecule has 2 rings (SSSR count). The Morgan fingerprint density at radius 3 is 2.44 bits per heavy atom. The molecule has 1 aromatic carbocycles. The van der Waals surface area contributed by atoms with Gasteiger partial charge < -0.3 is 4.57 Å². The van der Waals surface area contributed by atoms with Gasteiger partial charge in [-0.25, -0.2) is 0 Å². The van der Waals surface area contributed by atoms with Crippen LogP contribution in [0.4, 0.5) is 0 Å². The van der Waals surface area contributed by atoms with Crippen molar-refractivity contribution in [1.29, 1.82) is 0 Å². The Bertz CT molecular complexity index is 585. The maximum Gasteiger partial charge on any atom is 0.179 e. The van der Waals surface area contributed by atoms with Crippen LogP contribution in [0.15, 0.2) is 30.5 Å². The summed E-state index contributed by atoms with van der Waals surface area (Å²) in [6, 6.07) is 7.57. The number of hydrogen-bond acceptors (Lipinski definition) is 1. The maximum atomic E-state index is 11.7. The SMILES string of the molecule is Cc1c(C(=O)CCl)cn(C)c1-c1ccc(Cl)cc1. The highest BCUT2D eigenvalue weighted by Crippen LogP contribution is 2.28. The largest absolute Gasteiger partial charge is 0.350 e. The van der Waals surface area contributed by atoms with Gasteiger partial charge in [0.1, 0.15) is 0 Å². The van der Waals surface area contributed by atoms with E-state index in [1.807, 2.05) is 49.0 Å². The first-order valence-electron chi connectivity index (χ1n) is 5.55. The number of alkyl halides is 1. The molecule has 0 N–H and O–H groups in total. The summed E-state index contributed by atoms with van der Waals surface area (Å²) >= 11 is 11.5. The molecule has 2 nitrogen and oxygen atoms in total. The van der Waals surface area contributed by atoms with Crippen LogP contribution in [0.1, 0.15) is 15.9 Å². The van der Waals surface area contributed by atoms with E-state index >= 15 is 0 Å². The quantitative estimate of drug-likeness (QED) is 0.614. The van der Waals surface area contributed by atoms with Crippen LogP contribution in [0, 0.1) is 6.92 Å². The van der Waals surface area contributed by atoms with Gasteiger partial charge >= 0.3 is 0 Å². The maximum absolute atomic E-state index is 11.7. The molecule has 4 heteroatoms. The van der Waals surface area contributed by atoms with E-state index in [0.717, 1.165) is 16.8 Å². The van der Waals surface area contributed by atoms with Crippen LogP contribution in [0.25, 0.3) is 11.3 Å². The van der Waals surface area contributed by atoms with Crippen LogP contribution in [0.2, 0.25) is 5.02 Å². The van der Waals surface area contributed by atoms with Crippen LogP contribution < -0.4 is 0 Å². The molecule has 0 unspecified atom stereocenters. The van der Waals surface area contributed by atoms with Crippen molar-refractivity contribution in [2.24, 2.45) is 7.05 Å². The number of hydrogen-bond donors (Lipinski definition) is 0. The third-order valence-corrected chi connectivity index (χ3v) is 3.47. The number of carbonyl (C=O) groups excluding carboxylic acids is 1. The zero-order valence-corrected chi connectivity index (χ0v) is 11.7. The van der Waals surface area contributed by atoms with Crippen molar-refractivity contribution in [2.45, 2.75) is 6.92 Å². The van der Waals surface area contributed by atoms with Crippen LogP contribution in [0.5, 0.6) is 0 Å². The Labute approximate surface area is 116 Å². The standard InChI is InChI=1S/C14H13Cl2NO/c1-9-12(13(18)7-15)8-17(2)14(9)10-3-5-11(16)6-4-10/h3-6,8H,7H2,1-2H3. The smallest absolute Gasteiger partial charge is 0.179 e. The summed E-state index contributed by atoms with van der Waals surface area (Å²) in [6.45, 7) is 1.93. The summed E-state index contributed by atoms with van der Waals surface area (Å²) in [5, 5.41) is 0.697. The molecule has 1 aromatic heterocycles. The molecule has 18 heavy (non-hydrogen) atoms. The first-order chi connectivity index (χ1) is 8.54. The zero-order chi connectivity index (χ0) is 13.3. The van der Waals surface area contributed by atoms with Gasteiger partial charge in [-0.15, -0.1) is 11.6 Å². The molecular formula is C14H13Cl2NO. The Balaban J connectivity index is 2.55. The second kappa shape index (κ2) is 5.17. The van der Waals surface area contributed by atoms with Gasteiger partial charge in [-0.3, -0.25) is 4.79 Å². The van der Waals surface area contributed by atoms with Gasteiger partial charge in [0.25, 0.3) is 0 Å². The lowest BCUT2D eigenvalue weighted by atomic mass is 10.0. The van der Waals surface area contributed by atoms with Crippen molar-refractivity contribution >= 4 is 29.0 Å². The summed E-state index contributed by atoms with van der Waals surface area (Å²) < 4.78 is 1.94. The van der Waals surface area contributed by atoms with Crippen LogP contribution in [-0.2, 0) is 7.05 Å². The van der Waals surface area contributed by atoms with Gasteiger partial charge in [-0.2, -0.15) is 0 Å². The minimum Gasteiger partial charge on any atom is -0.350 e. The molecule has 0 atom stereocenters. The van der Waals surface area contributed by atoms with Crippen molar-refractivity contribution < 1.29 is 4.79 Å². The summed E-state index contributed by atoms with van der Waals surface area (Å²) in [7, 11) is 1.92. The fourth-order valence-electron chi connectivity index (χ4n) is 2.13. The summed E-state index contributed by atoms with van der Waals surface area (Å²) in [5.41, 5.74) is 3.68. The Kier molecular flexibility index (Phi) is 3.79. The van der Waals surface area contributed by atoms with Gasteiger partial charge in [-0.1, -0.05) is 23.7 Å². The van der Waals surface area contributed by atoms with Gasteiger partial charge in [0.05, 0.1) is 11.6 Å². The molecular weight excluding hydrogens is 269 g/mol. The number of aromatic nitrogens is 1. The highest BCUT2D eigenvalue weighted by Gasteiger charge is 2.16. The highest BCUT2D eigenvalue weighted by atomic mass is 35.5. The second-order valence-corrected chi connectivity index (χ2v) is 4.89. The summed E-state index contributed by atoms with van der Waals surface area (Å²) in [5.74, 6) is -0.0461. The van der Waals surface area contributed by atoms with Crippen LogP contribution in [-0.4, -0.2) is 16.2 Å². The van der Waals surface area contributed by atoms with Gasteiger partial charge in [0.15, 0.2) is 5.78 Å². The minimum absolute atomic E-state index is 0.00487. The number of nitrogens with zero attached hydrogens (tertiary/aromatic N) is 1. The van der Waals surface area contributed by atoms with E-state index < -0.39 is 0 Å². The molecule has 0 saturated heterocycles. The van der Waals surface area contributed by atoms with Crippen LogP contribution in [0.3, 0.4) is 0 Å². The molecule has 0 saturated carbocycles. The molecule has 0 amide bonds. The molecule has 0 bridgehead atoms. The third-order valence-electron chi connectivity index (χ3n) is 2.97. The number of halogens is 2. The number of Topliss-reactive ketones (excluding diaryl/α,β-unsaturated/α-hetero) is 1. The van der Waals surface area contributed by atoms with E-state index in [-0.39, 0.29) is 11.7 Å². The molecule has 0 aliphatic rings. The number of aryl methyl sites for hydroxylation is 1. The Morgan fingerprint density at radius 1 is 1.28 bits per heavy atom. The number of ketones is 1. The summed E-state index contributed by atoms with van der Waals surface area (Å²) in [6.07, 6.45) is 1.82. The van der Waals surface area contributed by atoms with E-state index in [2.05, 4.69) is 0 Å². The molecule has 0 aliphatic carbocycles. The van der Waals surface area contributed by atoms with Gasteiger partial charge in [-0.05, 0) is 30.2 Å². The Morgan fingerprint density at radius 2 is 1.89 bits per heavy atom. The molecule has 0 fully saturated rings. The minimum atomic E-state index is -0.0509. The highest BCUT2D eigenvalue weighted by molar-refractivity contribution is 6.31. The monoisotopic (exact) mass is 281 g/mol. The Hall–Kier alpha value is -1.25. The molecule has 2 aromatic rings. The van der Waals surface area contributed by atoms with Crippen molar-refractivity contribution in [2.75, 3.05) is 5.88 Å². The third kappa shape index (κ3) is 2.31. The second-order valence-electron chi connectivity index (χ2n) is 4.19. The van der Waals surface area contributed by atoms with Crippen molar-refractivity contribution in [1.82, 2.24) is 4.57 Å². The fraction of sp³-hybridized carbons (Fsp3) is 0.214. The van der Waals surface area contributed by atoms with Crippen molar-refractivity contribution in [3.8, 4) is 11.3 Å². The lowest BCUT2D eigenvalue weighted by molar-refractivity contribution is 0.102. The number of benzene rings is 1. The predicted octanol–water partition coefficient (Wildman–Crippen LogP) is 4.08. The number of carbonyl (C=O) groups is 1. The molecule has 0 aliphatic heterocycles. The van der Waals surface area contributed by atoms with Gasteiger partial charge in [0.2, 0.25) is 0 Å². The van der Waals surface area contributed by atoms with E-state index in [9.17, 15) is 4.79 Å². The normalized spacial score (nSPS) is 10.7. The predicted molar refractivity (Wildman–Crippen MR) is 75.6 cm³/mol. The number of rotatable bonds is 3. The van der Waals surface area contributed by atoms with Crippen molar-refractivity contribution in [3.63, 3.8) is 0 Å². The lowest BCUT2D eigenvalue weighted by Gasteiger charge is -2.05. The first-order valence-corrected chi connectivity index (χ1v) is 6.47.